The number of halogens is 1. The number of carbonyl (C=O) groups excluding carboxylic acids is 1. The summed E-state index contributed by atoms with van der Waals surface area (Å²) < 4.78 is 4.98. The molecule has 2 bridgehead atoms. The van der Waals surface area contributed by atoms with Crippen molar-refractivity contribution in [3.63, 3.8) is 0 Å². The third-order valence-electron chi connectivity index (χ3n) is 5.96. The Morgan fingerprint density at radius 3 is 2.68 bits per heavy atom. The fourth-order valence-corrected chi connectivity index (χ4v) is 4.31. The lowest BCUT2D eigenvalue weighted by Crippen LogP contribution is -2.46. The average molecular weight is 282 g/mol. The first-order chi connectivity index (χ1) is 8.86. The number of rotatable bonds is 2. The molecule has 1 amide bonds. The molecule has 2 fully saturated rings. The van der Waals surface area contributed by atoms with E-state index in [-0.39, 0.29) is 22.6 Å². The summed E-state index contributed by atoms with van der Waals surface area (Å²) >= 11 is 5.86. The molecular formula is C15H20ClNO2. The molecule has 2 aliphatic carbocycles. The van der Waals surface area contributed by atoms with E-state index >= 15 is 0 Å². The summed E-state index contributed by atoms with van der Waals surface area (Å²) in [5.74, 6) is 0.593. The first kappa shape index (κ1) is 13.0. The van der Waals surface area contributed by atoms with Gasteiger partial charge in [0.05, 0.1) is 11.8 Å². The molecule has 1 N–H and O–H groups in total. The minimum Gasteiger partial charge on any atom is -0.452 e. The van der Waals surface area contributed by atoms with E-state index in [1.165, 1.54) is 19.1 Å². The van der Waals surface area contributed by atoms with Crippen LogP contribution in [0, 0.1) is 16.7 Å². The van der Waals surface area contributed by atoms with E-state index in [4.69, 9.17) is 16.0 Å². The number of hydrogen-bond acceptors (Lipinski definition) is 2. The zero-order valence-corrected chi connectivity index (χ0v) is 12.4. The van der Waals surface area contributed by atoms with E-state index in [2.05, 4.69) is 26.1 Å². The van der Waals surface area contributed by atoms with Crippen LogP contribution >= 0.6 is 11.6 Å². The molecule has 3 rings (SSSR count). The minimum absolute atomic E-state index is 0.117. The molecule has 1 aromatic rings. The molecule has 0 aliphatic heterocycles. The highest BCUT2D eigenvalue weighted by atomic mass is 35.5. The van der Waals surface area contributed by atoms with Crippen LogP contribution in [0.1, 0.15) is 50.4 Å². The van der Waals surface area contributed by atoms with Crippen LogP contribution in [-0.4, -0.2) is 11.9 Å². The molecular weight excluding hydrogens is 262 g/mol. The second-order valence-corrected chi connectivity index (χ2v) is 7.09. The van der Waals surface area contributed by atoms with Crippen LogP contribution < -0.4 is 5.32 Å². The lowest BCUT2D eigenvalue weighted by atomic mass is 9.69. The molecule has 0 spiro atoms. The standard InChI is InChI=1S/C15H20ClNO2/c1-14(2)9-4-6-15(14,3)11(8-9)17-13(18)10-5-7-19-12(10)16/h5,7,9,11H,4,6,8H2,1-3H3,(H,17,18). The smallest absolute Gasteiger partial charge is 0.256 e. The Morgan fingerprint density at radius 2 is 2.21 bits per heavy atom. The molecule has 4 heteroatoms. The largest absolute Gasteiger partial charge is 0.452 e. The van der Waals surface area contributed by atoms with Gasteiger partial charge in [0.2, 0.25) is 5.22 Å². The third-order valence-corrected chi connectivity index (χ3v) is 6.25. The van der Waals surface area contributed by atoms with Crippen molar-refractivity contribution in [2.24, 2.45) is 16.7 Å². The van der Waals surface area contributed by atoms with Crippen LogP contribution in [0.3, 0.4) is 0 Å². The van der Waals surface area contributed by atoms with Crippen LogP contribution in [0.5, 0.6) is 0 Å². The van der Waals surface area contributed by atoms with Crippen molar-refractivity contribution in [2.75, 3.05) is 0 Å². The fraction of sp³-hybridized carbons (Fsp3) is 0.667. The maximum absolute atomic E-state index is 12.3. The van der Waals surface area contributed by atoms with E-state index in [9.17, 15) is 4.79 Å². The maximum Gasteiger partial charge on any atom is 0.256 e. The number of furan rings is 1. The maximum atomic E-state index is 12.3. The molecule has 0 aromatic carbocycles. The van der Waals surface area contributed by atoms with Crippen molar-refractivity contribution in [1.29, 1.82) is 0 Å². The highest BCUT2D eigenvalue weighted by Gasteiger charge is 2.61. The molecule has 3 unspecified atom stereocenters. The van der Waals surface area contributed by atoms with Crippen LogP contribution in [0.4, 0.5) is 0 Å². The first-order valence-electron chi connectivity index (χ1n) is 6.90. The Morgan fingerprint density at radius 1 is 1.47 bits per heavy atom. The topological polar surface area (TPSA) is 42.2 Å². The van der Waals surface area contributed by atoms with Gasteiger partial charge in [0.1, 0.15) is 0 Å². The predicted molar refractivity (Wildman–Crippen MR) is 74.2 cm³/mol. The Hall–Kier alpha value is -0.960. The summed E-state index contributed by atoms with van der Waals surface area (Å²) in [4.78, 5) is 12.3. The van der Waals surface area contributed by atoms with E-state index in [0.717, 1.165) is 6.42 Å². The second kappa shape index (κ2) is 4.02. The molecule has 0 radical (unpaired) electrons. The minimum atomic E-state index is -0.117. The van der Waals surface area contributed by atoms with Crippen molar-refractivity contribution in [1.82, 2.24) is 5.32 Å². The van der Waals surface area contributed by atoms with Gasteiger partial charge in [-0.3, -0.25) is 4.79 Å². The molecule has 0 saturated heterocycles. The predicted octanol–water partition coefficient (Wildman–Crippen LogP) is 3.88. The van der Waals surface area contributed by atoms with Crippen LogP contribution in [0.15, 0.2) is 16.7 Å². The van der Waals surface area contributed by atoms with Gasteiger partial charge in [-0.05, 0) is 53.7 Å². The van der Waals surface area contributed by atoms with Gasteiger partial charge >= 0.3 is 0 Å². The lowest BCUT2D eigenvalue weighted by Gasteiger charge is -2.39. The molecule has 1 aromatic heterocycles. The van der Waals surface area contributed by atoms with Crippen molar-refractivity contribution < 1.29 is 9.21 Å². The number of amides is 1. The van der Waals surface area contributed by atoms with E-state index in [1.54, 1.807) is 6.07 Å². The van der Waals surface area contributed by atoms with Gasteiger partial charge in [-0.2, -0.15) is 0 Å². The molecule has 3 atom stereocenters. The van der Waals surface area contributed by atoms with Gasteiger partial charge < -0.3 is 9.73 Å². The van der Waals surface area contributed by atoms with Crippen LogP contribution in [-0.2, 0) is 0 Å². The van der Waals surface area contributed by atoms with E-state index in [0.29, 0.717) is 16.9 Å². The fourth-order valence-electron chi connectivity index (χ4n) is 4.11. The SMILES string of the molecule is CC1(C)C2CCC1(C)C(NC(=O)c1ccoc1Cl)C2. The van der Waals surface area contributed by atoms with Gasteiger partial charge in [0.25, 0.3) is 5.91 Å². The number of hydrogen-bond donors (Lipinski definition) is 1. The summed E-state index contributed by atoms with van der Waals surface area (Å²) in [5, 5.41) is 3.34. The summed E-state index contributed by atoms with van der Waals surface area (Å²) in [7, 11) is 0. The van der Waals surface area contributed by atoms with E-state index in [1.807, 2.05) is 0 Å². The van der Waals surface area contributed by atoms with Crippen molar-refractivity contribution >= 4 is 17.5 Å². The normalized spacial score (nSPS) is 35.6. The number of nitrogens with one attached hydrogen (secondary N) is 1. The quantitative estimate of drug-likeness (QED) is 0.894. The first-order valence-corrected chi connectivity index (χ1v) is 7.28. The van der Waals surface area contributed by atoms with Gasteiger partial charge in [0.15, 0.2) is 0 Å². The number of carbonyl (C=O) groups is 1. The van der Waals surface area contributed by atoms with Crippen LogP contribution in [0.2, 0.25) is 5.22 Å². The summed E-state index contributed by atoms with van der Waals surface area (Å²) in [5.41, 5.74) is 0.917. The lowest BCUT2D eigenvalue weighted by molar-refractivity contribution is 0.0826. The molecule has 2 aliphatic rings. The monoisotopic (exact) mass is 281 g/mol. The second-order valence-electron chi connectivity index (χ2n) is 6.74. The molecule has 19 heavy (non-hydrogen) atoms. The van der Waals surface area contributed by atoms with Crippen molar-refractivity contribution in [2.45, 2.75) is 46.1 Å². The Kier molecular flexibility index (Phi) is 2.76. The zero-order valence-electron chi connectivity index (χ0n) is 11.6. The van der Waals surface area contributed by atoms with Gasteiger partial charge in [-0.25, -0.2) is 0 Å². The summed E-state index contributed by atoms with van der Waals surface area (Å²) in [6.45, 7) is 6.98. The highest BCUT2D eigenvalue weighted by Crippen LogP contribution is 2.65. The Labute approximate surface area is 118 Å². The van der Waals surface area contributed by atoms with Crippen molar-refractivity contribution in [3.8, 4) is 0 Å². The Bertz CT molecular complexity index is 522. The molecule has 2 saturated carbocycles. The zero-order chi connectivity index (χ0) is 13.8. The van der Waals surface area contributed by atoms with Crippen molar-refractivity contribution in [3.05, 3.63) is 23.1 Å². The third kappa shape index (κ3) is 1.67. The molecule has 3 nitrogen and oxygen atoms in total. The van der Waals surface area contributed by atoms with Gasteiger partial charge in [-0.15, -0.1) is 0 Å². The van der Waals surface area contributed by atoms with Gasteiger partial charge in [-0.1, -0.05) is 20.8 Å². The van der Waals surface area contributed by atoms with E-state index < -0.39 is 0 Å². The average Bonchev–Trinajstić information content (AvgIpc) is 2.90. The number of fused-ring (bicyclic) bond motifs is 2. The van der Waals surface area contributed by atoms with Gasteiger partial charge in [0, 0.05) is 6.04 Å². The molecule has 1 heterocycles. The summed E-state index contributed by atoms with van der Waals surface area (Å²) in [6.07, 6.45) is 4.99. The molecule has 104 valence electrons. The van der Waals surface area contributed by atoms with Crippen LogP contribution in [0.25, 0.3) is 0 Å². The highest BCUT2D eigenvalue weighted by molar-refractivity contribution is 6.32. The summed E-state index contributed by atoms with van der Waals surface area (Å²) in [6, 6.07) is 1.86. The Balaban J connectivity index is 1.79.